The first-order chi connectivity index (χ1) is 7.97. The molecule has 0 amide bonds. The number of hydrogen-bond donors (Lipinski definition) is 1. The van der Waals surface area contributed by atoms with Crippen LogP contribution in [0.5, 0.6) is 0 Å². The molecule has 0 bridgehead atoms. The van der Waals surface area contributed by atoms with Crippen LogP contribution in [-0.4, -0.2) is 74.4 Å². The van der Waals surface area contributed by atoms with Crippen LogP contribution >= 0.6 is 0 Å². The van der Waals surface area contributed by atoms with E-state index >= 15 is 0 Å². The third-order valence-electron chi connectivity index (χ3n) is 4.14. The quantitative estimate of drug-likeness (QED) is 0.750. The Morgan fingerprint density at radius 3 is 2.47 bits per heavy atom. The summed E-state index contributed by atoms with van der Waals surface area (Å²) in [5.74, 6) is -0.285. The zero-order valence-corrected chi connectivity index (χ0v) is 10.8. The molecule has 0 aromatic heterocycles. The molecule has 17 heavy (non-hydrogen) atoms. The summed E-state index contributed by atoms with van der Waals surface area (Å²) >= 11 is 0. The summed E-state index contributed by atoms with van der Waals surface area (Å²) in [5.41, 5.74) is -0.695. The van der Waals surface area contributed by atoms with E-state index in [4.69, 9.17) is 4.74 Å². The van der Waals surface area contributed by atoms with Gasteiger partial charge in [0.2, 0.25) is 0 Å². The molecule has 0 aromatic carbocycles. The largest absolute Gasteiger partial charge is 0.481 e. The summed E-state index contributed by atoms with van der Waals surface area (Å²) in [5, 5.41) is 9.51. The second-order valence-electron chi connectivity index (χ2n) is 5.67. The molecule has 2 heterocycles. The van der Waals surface area contributed by atoms with E-state index in [0.717, 1.165) is 19.5 Å². The van der Waals surface area contributed by atoms with Gasteiger partial charge in [-0.15, -0.1) is 0 Å². The first-order valence-electron chi connectivity index (χ1n) is 6.13. The molecule has 2 saturated heterocycles. The van der Waals surface area contributed by atoms with Crippen LogP contribution in [0.3, 0.4) is 0 Å². The Labute approximate surface area is 102 Å². The van der Waals surface area contributed by atoms with Crippen molar-refractivity contribution in [3.63, 3.8) is 0 Å². The maximum atomic E-state index is 11.6. The topological polar surface area (TPSA) is 53.0 Å². The number of nitrogens with zero attached hydrogens (tertiary/aromatic N) is 2. The Morgan fingerprint density at radius 2 is 2.18 bits per heavy atom. The van der Waals surface area contributed by atoms with E-state index in [1.54, 1.807) is 0 Å². The van der Waals surface area contributed by atoms with Gasteiger partial charge in [0, 0.05) is 12.6 Å². The molecule has 98 valence electrons. The van der Waals surface area contributed by atoms with Gasteiger partial charge >= 0.3 is 5.97 Å². The third-order valence-corrected chi connectivity index (χ3v) is 4.14. The number of carboxylic acids is 1. The standard InChI is InChI=1S/C12H22N2O3/c1-13(2)10(9-4-5-14(3)6-9)12(11(15)16)7-17-8-12/h9-10H,4-8H2,1-3H3,(H,15,16). The zero-order valence-electron chi connectivity index (χ0n) is 10.8. The van der Waals surface area contributed by atoms with Crippen molar-refractivity contribution in [2.45, 2.75) is 12.5 Å². The van der Waals surface area contributed by atoms with Crippen LogP contribution in [0, 0.1) is 11.3 Å². The minimum atomic E-state index is -0.711. The lowest BCUT2D eigenvalue weighted by Crippen LogP contribution is -2.63. The summed E-state index contributed by atoms with van der Waals surface area (Å²) in [7, 11) is 6.05. The molecule has 2 atom stereocenters. The molecule has 0 aliphatic carbocycles. The smallest absolute Gasteiger partial charge is 0.315 e. The van der Waals surface area contributed by atoms with E-state index in [1.165, 1.54) is 0 Å². The average molecular weight is 242 g/mol. The normalized spacial score (nSPS) is 30.2. The van der Waals surface area contributed by atoms with Crippen LogP contribution in [0.15, 0.2) is 0 Å². The van der Waals surface area contributed by atoms with E-state index in [-0.39, 0.29) is 6.04 Å². The van der Waals surface area contributed by atoms with Crippen molar-refractivity contribution in [2.75, 3.05) is 47.4 Å². The van der Waals surface area contributed by atoms with Crippen LogP contribution in [0.2, 0.25) is 0 Å². The Hall–Kier alpha value is -0.650. The minimum Gasteiger partial charge on any atom is -0.481 e. The van der Waals surface area contributed by atoms with Crippen LogP contribution in [0.4, 0.5) is 0 Å². The first-order valence-corrected chi connectivity index (χ1v) is 6.13. The highest BCUT2D eigenvalue weighted by atomic mass is 16.5. The molecule has 0 aromatic rings. The molecular formula is C12H22N2O3. The zero-order chi connectivity index (χ0) is 12.6. The summed E-state index contributed by atoms with van der Waals surface area (Å²) in [6, 6.07) is 0.0682. The molecule has 0 spiro atoms. The van der Waals surface area contributed by atoms with Crippen molar-refractivity contribution in [2.24, 2.45) is 11.3 Å². The van der Waals surface area contributed by atoms with Gasteiger partial charge in [-0.05, 0) is 40.0 Å². The molecule has 2 aliphatic rings. The fourth-order valence-electron chi connectivity index (χ4n) is 3.34. The molecule has 2 rings (SSSR count). The first kappa shape index (κ1) is 12.8. The van der Waals surface area contributed by atoms with Gasteiger partial charge < -0.3 is 19.6 Å². The lowest BCUT2D eigenvalue weighted by atomic mass is 9.71. The highest BCUT2D eigenvalue weighted by molar-refractivity contribution is 5.77. The fourth-order valence-corrected chi connectivity index (χ4v) is 3.34. The van der Waals surface area contributed by atoms with Crippen LogP contribution < -0.4 is 0 Å². The molecule has 2 unspecified atom stereocenters. The van der Waals surface area contributed by atoms with Crippen LogP contribution in [0.1, 0.15) is 6.42 Å². The monoisotopic (exact) mass is 242 g/mol. The molecule has 0 radical (unpaired) electrons. The SMILES string of the molecule is CN1CCC(C(N(C)C)C2(C(=O)O)COC2)C1. The molecule has 1 N–H and O–H groups in total. The van der Waals surface area contributed by atoms with Gasteiger partial charge in [0.25, 0.3) is 0 Å². The van der Waals surface area contributed by atoms with E-state index in [1.807, 2.05) is 14.1 Å². The summed E-state index contributed by atoms with van der Waals surface area (Å²) < 4.78 is 5.20. The molecule has 5 nitrogen and oxygen atoms in total. The number of ether oxygens (including phenoxy) is 1. The molecule has 2 fully saturated rings. The maximum absolute atomic E-state index is 11.6. The number of hydrogen-bond acceptors (Lipinski definition) is 4. The third kappa shape index (κ3) is 2.07. The van der Waals surface area contributed by atoms with Gasteiger partial charge in [-0.3, -0.25) is 4.79 Å². The Balaban J connectivity index is 2.19. The maximum Gasteiger partial charge on any atom is 0.315 e. The van der Waals surface area contributed by atoms with E-state index < -0.39 is 11.4 Å². The van der Waals surface area contributed by atoms with Gasteiger partial charge in [0.05, 0.1) is 13.2 Å². The predicted molar refractivity (Wildman–Crippen MR) is 64.0 cm³/mol. The second kappa shape index (κ2) is 4.55. The summed E-state index contributed by atoms with van der Waals surface area (Å²) in [4.78, 5) is 15.9. The number of rotatable bonds is 4. The van der Waals surface area contributed by atoms with E-state index in [9.17, 15) is 9.90 Å². The predicted octanol–water partition coefficient (Wildman–Crippen LogP) is -0.0305. The minimum absolute atomic E-state index is 0.0682. The highest BCUT2D eigenvalue weighted by Gasteiger charge is 2.56. The summed E-state index contributed by atoms with van der Waals surface area (Å²) in [6.07, 6.45) is 1.08. The molecular weight excluding hydrogens is 220 g/mol. The lowest BCUT2D eigenvalue weighted by molar-refractivity contribution is -0.197. The van der Waals surface area contributed by atoms with Gasteiger partial charge in [-0.1, -0.05) is 0 Å². The molecule has 0 saturated carbocycles. The van der Waals surface area contributed by atoms with Crippen molar-refractivity contribution < 1.29 is 14.6 Å². The van der Waals surface area contributed by atoms with Crippen molar-refractivity contribution in [1.29, 1.82) is 0 Å². The van der Waals surface area contributed by atoms with E-state index in [0.29, 0.717) is 19.1 Å². The fraction of sp³-hybridized carbons (Fsp3) is 0.917. The van der Waals surface area contributed by atoms with Crippen molar-refractivity contribution in [3.05, 3.63) is 0 Å². The molecule has 2 aliphatic heterocycles. The number of likely N-dealkylation sites (tertiary alicyclic amines) is 1. The number of carboxylic acid groups (broad SMARTS) is 1. The Bertz CT molecular complexity index is 302. The van der Waals surface area contributed by atoms with Crippen molar-refractivity contribution in [3.8, 4) is 0 Å². The Kier molecular flexibility index (Phi) is 3.43. The second-order valence-corrected chi connectivity index (χ2v) is 5.67. The average Bonchev–Trinajstić information content (AvgIpc) is 2.56. The Morgan fingerprint density at radius 1 is 1.53 bits per heavy atom. The molecule has 5 heteroatoms. The van der Waals surface area contributed by atoms with Crippen molar-refractivity contribution in [1.82, 2.24) is 9.80 Å². The van der Waals surface area contributed by atoms with Crippen molar-refractivity contribution >= 4 is 5.97 Å². The highest BCUT2D eigenvalue weighted by Crippen LogP contribution is 2.40. The van der Waals surface area contributed by atoms with Gasteiger partial charge in [-0.25, -0.2) is 0 Å². The summed E-state index contributed by atoms with van der Waals surface area (Å²) in [6.45, 7) is 2.75. The van der Waals surface area contributed by atoms with Gasteiger partial charge in [-0.2, -0.15) is 0 Å². The van der Waals surface area contributed by atoms with Gasteiger partial charge in [0.15, 0.2) is 0 Å². The van der Waals surface area contributed by atoms with Crippen LogP contribution in [-0.2, 0) is 9.53 Å². The number of carbonyl (C=O) groups is 1. The lowest BCUT2D eigenvalue weighted by Gasteiger charge is -2.48. The van der Waals surface area contributed by atoms with E-state index in [2.05, 4.69) is 16.8 Å². The number of aliphatic carboxylic acids is 1. The van der Waals surface area contributed by atoms with Gasteiger partial charge in [0.1, 0.15) is 5.41 Å². The van der Waals surface area contributed by atoms with Crippen LogP contribution in [0.25, 0.3) is 0 Å².